The van der Waals surface area contributed by atoms with Crippen molar-refractivity contribution < 1.29 is 9.53 Å². The average Bonchev–Trinajstić information content (AvgIpc) is 2.65. The number of piperidine rings is 1. The molecule has 1 atom stereocenters. The zero-order chi connectivity index (χ0) is 19.4. The van der Waals surface area contributed by atoms with E-state index in [0.29, 0.717) is 5.82 Å². The summed E-state index contributed by atoms with van der Waals surface area (Å²) in [5.41, 5.74) is 2.10. The second-order valence-corrected chi connectivity index (χ2v) is 7.45. The molecule has 2 aromatic rings. The molecule has 6 nitrogen and oxygen atoms in total. The van der Waals surface area contributed by atoms with E-state index < -0.39 is 6.10 Å². The molecule has 0 saturated carbocycles. The van der Waals surface area contributed by atoms with Crippen LogP contribution in [0.1, 0.15) is 37.8 Å². The van der Waals surface area contributed by atoms with Crippen molar-refractivity contribution in [3.05, 3.63) is 41.7 Å². The highest BCUT2D eigenvalue weighted by atomic mass is 16.5. The zero-order valence-electron chi connectivity index (χ0n) is 16.5. The van der Waals surface area contributed by atoms with Crippen molar-refractivity contribution in [3.8, 4) is 5.75 Å². The molecular formula is C21H28N4O2. The maximum absolute atomic E-state index is 12.5. The molecule has 1 aliphatic heterocycles. The van der Waals surface area contributed by atoms with E-state index in [4.69, 9.17) is 4.74 Å². The standard InChI is InChI=1S/C21H28N4O2/c1-14-7-9-25(10-8-14)20-12-19(22-13-23-20)24-21(26)17(4)27-18-11-15(2)5-6-16(18)3/h5-6,11-14,17H,7-10H2,1-4H3,(H,22,23,24,26). The Bertz CT molecular complexity index is 801. The first-order valence-corrected chi connectivity index (χ1v) is 9.54. The van der Waals surface area contributed by atoms with Gasteiger partial charge in [0.25, 0.3) is 5.91 Å². The second-order valence-electron chi connectivity index (χ2n) is 7.45. The van der Waals surface area contributed by atoms with Crippen LogP contribution in [0.3, 0.4) is 0 Å². The van der Waals surface area contributed by atoms with Crippen LogP contribution in [-0.2, 0) is 4.79 Å². The van der Waals surface area contributed by atoms with Crippen LogP contribution in [-0.4, -0.2) is 35.1 Å². The molecule has 144 valence electrons. The Kier molecular flexibility index (Phi) is 5.94. The summed E-state index contributed by atoms with van der Waals surface area (Å²) < 4.78 is 5.85. The van der Waals surface area contributed by atoms with Gasteiger partial charge < -0.3 is 15.0 Å². The summed E-state index contributed by atoms with van der Waals surface area (Å²) in [4.78, 5) is 23.3. The summed E-state index contributed by atoms with van der Waals surface area (Å²) in [6, 6.07) is 7.79. The van der Waals surface area contributed by atoms with E-state index in [-0.39, 0.29) is 5.91 Å². The molecule has 1 saturated heterocycles. The van der Waals surface area contributed by atoms with Gasteiger partial charge in [-0.3, -0.25) is 4.79 Å². The van der Waals surface area contributed by atoms with Crippen LogP contribution < -0.4 is 15.0 Å². The number of carbonyl (C=O) groups excluding carboxylic acids is 1. The molecule has 1 fully saturated rings. The molecule has 3 rings (SSSR count). The van der Waals surface area contributed by atoms with Gasteiger partial charge in [0.1, 0.15) is 23.7 Å². The minimum atomic E-state index is -0.625. The molecule has 1 aromatic carbocycles. The van der Waals surface area contributed by atoms with Crippen molar-refractivity contribution in [2.45, 2.75) is 46.6 Å². The average molecular weight is 368 g/mol. The van der Waals surface area contributed by atoms with Crippen LogP contribution in [0.2, 0.25) is 0 Å². The van der Waals surface area contributed by atoms with Gasteiger partial charge in [0.15, 0.2) is 6.10 Å². The SMILES string of the molecule is Cc1ccc(C)c(OC(C)C(=O)Nc2cc(N3CCC(C)CC3)ncn2)c1. The van der Waals surface area contributed by atoms with Crippen molar-refractivity contribution in [2.75, 3.05) is 23.3 Å². The fraction of sp³-hybridized carbons (Fsp3) is 0.476. The zero-order valence-corrected chi connectivity index (χ0v) is 16.5. The second kappa shape index (κ2) is 8.37. The Hall–Kier alpha value is -2.63. The van der Waals surface area contributed by atoms with E-state index in [2.05, 4.69) is 27.1 Å². The van der Waals surface area contributed by atoms with Crippen LogP contribution in [0.25, 0.3) is 0 Å². The number of benzene rings is 1. The van der Waals surface area contributed by atoms with Gasteiger partial charge in [-0.1, -0.05) is 19.1 Å². The highest BCUT2D eigenvalue weighted by molar-refractivity contribution is 5.93. The molecule has 6 heteroatoms. The number of rotatable bonds is 5. The van der Waals surface area contributed by atoms with Crippen molar-refractivity contribution in [3.63, 3.8) is 0 Å². The van der Waals surface area contributed by atoms with E-state index in [1.807, 2.05) is 38.1 Å². The smallest absolute Gasteiger partial charge is 0.266 e. The van der Waals surface area contributed by atoms with Gasteiger partial charge in [-0.15, -0.1) is 0 Å². The Morgan fingerprint density at radius 1 is 1.22 bits per heavy atom. The van der Waals surface area contributed by atoms with Crippen LogP contribution >= 0.6 is 0 Å². The van der Waals surface area contributed by atoms with Crippen molar-refractivity contribution in [1.29, 1.82) is 0 Å². The molecule has 1 N–H and O–H groups in total. The molecular weight excluding hydrogens is 340 g/mol. The minimum absolute atomic E-state index is 0.229. The molecule has 2 heterocycles. The maximum atomic E-state index is 12.5. The summed E-state index contributed by atoms with van der Waals surface area (Å²) in [5.74, 6) is 2.61. The Morgan fingerprint density at radius 2 is 1.96 bits per heavy atom. The van der Waals surface area contributed by atoms with Gasteiger partial charge in [0.05, 0.1) is 0 Å². The monoisotopic (exact) mass is 368 g/mol. The molecule has 0 bridgehead atoms. The van der Waals surface area contributed by atoms with Crippen LogP contribution in [0.15, 0.2) is 30.6 Å². The Balaban J connectivity index is 1.63. The summed E-state index contributed by atoms with van der Waals surface area (Å²) in [6.07, 6.45) is 3.19. The molecule has 1 amide bonds. The Labute approximate surface area is 161 Å². The van der Waals surface area contributed by atoms with Gasteiger partial charge in [-0.05, 0) is 56.7 Å². The van der Waals surface area contributed by atoms with Gasteiger partial charge in [0, 0.05) is 19.2 Å². The molecule has 27 heavy (non-hydrogen) atoms. The highest BCUT2D eigenvalue weighted by Gasteiger charge is 2.19. The molecule has 0 radical (unpaired) electrons. The predicted octanol–water partition coefficient (Wildman–Crippen LogP) is 3.74. The van der Waals surface area contributed by atoms with E-state index in [0.717, 1.165) is 54.5 Å². The lowest BCUT2D eigenvalue weighted by molar-refractivity contribution is -0.122. The Morgan fingerprint density at radius 3 is 2.70 bits per heavy atom. The summed E-state index contributed by atoms with van der Waals surface area (Å²) in [6.45, 7) is 9.96. The van der Waals surface area contributed by atoms with E-state index in [1.54, 1.807) is 6.92 Å². The number of anilines is 2. The highest BCUT2D eigenvalue weighted by Crippen LogP contribution is 2.23. The first-order valence-electron chi connectivity index (χ1n) is 9.54. The number of nitrogens with one attached hydrogen (secondary N) is 1. The first kappa shape index (κ1) is 19.1. The van der Waals surface area contributed by atoms with Crippen LogP contribution in [0.5, 0.6) is 5.75 Å². The van der Waals surface area contributed by atoms with Crippen LogP contribution in [0, 0.1) is 19.8 Å². The van der Waals surface area contributed by atoms with Crippen LogP contribution in [0.4, 0.5) is 11.6 Å². The van der Waals surface area contributed by atoms with E-state index in [1.165, 1.54) is 6.33 Å². The number of aromatic nitrogens is 2. The van der Waals surface area contributed by atoms with Gasteiger partial charge in [0.2, 0.25) is 0 Å². The number of carbonyl (C=O) groups is 1. The van der Waals surface area contributed by atoms with Crippen molar-refractivity contribution in [2.24, 2.45) is 5.92 Å². The lowest BCUT2D eigenvalue weighted by atomic mass is 9.99. The molecule has 0 spiro atoms. The topological polar surface area (TPSA) is 67.3 Å². The number of aryl methyl sites for hydroxylation is 2. The van der Waals surface area contributed by atoms with Gasteiger partial charge >= 0.3 is 0 Å². The third-order valence-electron chi connectivity index (χ3n) is 5.03. The number of amides is 1. The molecule has 1 unspecified atom stereocenters. The summed E-state index contributed by atoms with van der Waals surface area (Å²) in [5, 5.41) is 2.84. The number of ether oxygens (including phenoxy) is 1. The number of hydrogen-bond acceptors (Lipinski definition) is 5. The first-order chi connectivity index (χ1) is 12.9. The molecule has 0 aliphatic carbocycles. The summed E-state index contributed by atoms with van der Waals surface area (Å²) >= 11 is 0. The lowest BCUT2D eigenvalue weighted by Gasteiger charge is -2.31. The van der Waals surface area contributed by atoms with Gasteiger partial charge in [-0.2, -0.15) is 0 Å². The van der Waals surface area contributed by atoms with E-state index in [9.17, 15) is 4.79 Å². The van der Waals surface area contributed by atoms with Crippen molar-refractivity contribution in [1.82, 2.24) is 9.97 Å². The molecule has 1 aliphatic rings. The maximum Gasteiger partial charge on any atom is 0.266 e. The summed E-state index contributed by atoms with van der Waals surface area (Å²) in [7, 11) is 0. The predicted molar refractivity (Wildman–Crippen MR) is 107 cm³/mol. The van der Waals surface area contributed by atoms with E-state index >= 15 is 0 Å². The minimum Gasteiger partial charge on any atom is -0.481 e. The van der Waals surface area contributed by atoms with Crippen molar-refractivity contribution >= 4 is 17.5 Å². The lowest BCUT2D eigenvalue weighted by Crippen LogP contribution is -2.34. The fourth-order valence-electron chi connectivity index (χ4n) is 3.13. The number of hydrogen-bond donors (Lipinski definition) is 1. The quantitative estimate of drug-likeness (QED) is 0.871. The number of nitrogens with zero attached hydrogens (tertiary/aromatic N) is 3. The third-order valence-corrected chi connectivity index (χ3v) is 5.03. The largest absolute Gasteiger partial charge is 0.481 e. The normalized spacial score (nSPS) is 16.1. The molecule has 1 aromatic heterocycles. The fourth-order valence-corrected chi connectivity index (χ4v) is 3.13. The third kappa shape index (κ3) is 4.96. The van der Waals surface area contributed by atoms with Gasteiger partial charge in [-0.25, -0.2) is 9.97 Å².